The number of methoxy groups -OCH3 is 1. The maximum Gasteiger partial charge on any atom is 0.264 e. The van der Waals surface area contributed by atoms with Crippen molar-refractivity contribution in [1.82, 2.24) is 0 Å². The molecule has 0 bridgehead atoms. The molecule has 0 saturated heterocycles. The standard InChI is InChI=1S/C24H24BrNO3S/c1-4-7-19-8-5-6-9-24(19)26(17-20-16-21(29-3)12-15-23(20)25)30(27,28)22-13-10-18(2)11-14-22/h4-6,8-16H,1,7,17H2,2-3H3. The van der Waals surface area contributed by atoms with Crippen LogP contribution in [0.3, 0.4) is 0 Å². The van der Waals surface area contributed by atoms with Gasteiger partial charge in [-0.05, 0) is 60.9 Å². The number of benzene rings is 3. The molecule has 0 heterocycles. The Morgan fingerprint density at radius 2 is 1.73 bits per heavy atom. The molecule has 0 amide bonds. The first kappa shape index (κ1) is 22.1. The van der Waals surface area contributed by atoms with E-state index < -0.39 is 10.0 Å². The number of nitrogens with zero attached hydrogens (tertiary/aromatic N) is 1. The fourth-order valence-electron chi connectivity index (χ4n) is 3.17. The fraction of sp³-hybridized carbons (Fsp3) is 0.167. The van der Waals surface area contributed by atoms with Gasteiger partial charge in [0.2, 0.25) is 0 Å². The summed E-state index contributed by atoms with van der Waals surface area (Å²) in [6.07, 6.45) is 2.34. The predicted octanol–water partition coefficient (Wildman–Crippen LogP) is 5.89. The largest absolute Gasteiger partial charge is 0.497 e. The molecule has 30 heavy (non-hydrogen) atoms. The second kappa shape index (κ2) is 9.49. The van der Waals surface area contributed by atoms with E-state index in [1.54, 1.807) is 25.3 Å². The molecule has 0 N–H and O–H groups in total. The van der Waals surface area contributed by atoms with Gasteiger partial charge in [0.1, 0.15) is 5.75 Å². The number of aryl methyl sites for hydroxylation is 1. The molecule has 0 radical (unpaired) electrons. The monoisotopic (exact) mass is 485 g/mol. The maximum absolute atomic E-state index is 13.7. The zero-order valence-corrected chi connectivity index (χ0v) is 19.4. The first-order chi connectivity index (χ1) is 14.4. The second-order valence-electron chi connectivity index (χ2n) is 6.90. The van der Waals surface area contributed by atoms with Crippen LogP contribution in [0, 0.1) is 6.92 Å². The molecule has 3 rings (SSSR count). The van der Waals surface area contributed by atoms with Crippen LogP contribution in [-0.2, 0) is 23.0 Å². The SMILES string of the molecule is C=CCc1ccccc1N(Cc1cc(OC)ccc1Br)S(=O)(=O)c1ccc(C)cc1. The highest BCUT2D eigenvalue weighted by atomic mass is 79.9. The van der Waals surface area contributed by atoms with Crippen molar-refractivity contribution < 1.29 is 13.2 Å². The van der Waals surface area contributed by atoms with Gasteiger partial charge < -0.3 is 4.74 Å². The van der Waals surface area contributed by atoms with Gasteiger partial charge in [0.05, 0.1) is 24.2 Å². The summed E-state index contributed by atoms with van der Waals surface area (Å²) in [6, 6.07) is 20.0. The van der Waals surface area contributed by atoms with Gasteiger partial charge in [-0.1, -0.05) is 57.9 Å². The minimum absolute atomic E-state index is 0.155. The van der Waals surface area contributed by atoms with E-state index in [9.17, 15) is 8.42 Å². The summed E-state index contributed by atoms with van der Waals surface area (Å²) < 4.78 is 35.1. The number of halogens is 1. The number of ether oxygens (including phenoxy) is 1. The Hall–Kier alpha value is -2.57. The van der Waals surface area contributed by atoms with Crippen LogP contribution in [0.5, 0.6) is 5.75 Å². The van der Waals surface area contributed by atoms with Gasteiger partial charge in [0, 0.05) is 4.47 Å². The Morgan fingerprint density at radius 3 is 2.40 bits per heavy atom. The number of hydrogen-bond donors (Lipinski definition) is 0. The third-order valence-corrected chi connectivity index (χ3v) is 7.35. The van der Waals surface area contributed by atoms with Gasteiger partial charge in [0.15, 0.2) is 0 Å². The van der Waals surface area contributed by atoms with Crippen LogP contribution in [-0.4, -0.2) is 15.5 Å². The van der Waals surface area contributed by atoms with Crippen molar-refractivity contribution in [2.45, 2.75) is 24.8 Å². The summed E-state index contributed by atoms with van der Waals surface area (Å²) in [4.78, 5) is 0.250. The summed E-state index contributed by atoms with van der Waals surface area (Å²) in [6.45, 7) is 5.90. The summed E-state index contributed by atoms with van der Waals surface area (Å²) in [5.41, 5.74) is 3.33. The van der Waals surface area contributed by atoms with Crippen LogP contribution in [0.4, 0.5) is 5.69 Å². The number of rotatable bonds is 8. The average molecular weight is 486 g/mol. The first-order valence-electron chi connectivity index (χ1n) is 9.47. The molecule has 156 valence electrons. The lowest BCUT2D eigenvalue weighted by molar-refractivity contribution is 0.414. The van der Waals surface area contributed by atoms with Crippen LogP contribution < -0.4 is 9.04 Å². The zero-order chi connectivity index (χ0) is 21.7. The van der Waals surface area contributed by atoms with Crippen LogP contribution >= 0.6 is 15.9 Å². The highest BCUT2D eigenvalue weighted by Gasteiger charge is 2.27. The van der Waals surface area contributed by atoms with Gasteiger partial charge >= 0.3 is 0 Å². The van der Waals surface area contributed by atoms with Crippen LogP contribution in [0.25, 0.3) is 0 Å². The summed E-state index contributed by atoms with van der Waals surface area (Å²) in [5.74, 6) is 0.667. The minimum atomic E-state index is -3.81. The van der Waals surface area contributed by atoms with Gasteiger partial charge in [0.25, 0.3) is 10.0 Å². The van der Waals surface area contributed by atoms with E-state index in [1.165, 1.54) is 4.31 Å². The Labute approximate surface area is 187 Å². The van der Waals surface area contributed by atoms with Crippen LogP contribution in [0.15, 0.2) is 88.8 Å². The van der Waals surface area contributed by atoms with Crippen molar-refractivity contribution in [2.75, 3.05) is 11.4 Å². The first-order valence-corrected chi connectivity index (χ1v) is 11.7. The molecule has 0 atom stereocenters. The number of para-hydroxylation sites is 1. The molecule has 0 fully saturated rings. The Bertz CT molecular complexity index is 1140. The number of anilines is 1. The number of hydrogen-bond acceptors (Lipinski definition) is 3. The van der Waals surface area contributed by atoms with Gasteiger partial charge in [-0.15, -0.1) is 6.58 Å². The summed E-state index contributed by atoms with van der Waals surface area (Å²) in [7, 11) is -2.22. The zero-order valence-electron chi connectivity index (χ0n) is 17.0. The molecule has 6 heteroatoms. The Balaban J connectivity index is 2.17. The van der Waals surface area contributed by atoms with Gasteiger partial charge in [-0.3, -0.25) is 4.31 Å². The molecule has 0 aliphatic rings. The minimum Gasteiger partial charge on any atom is -0.497 e. The van der Waals surface area contributed by atoms with Crippen molar-refractivity contribution in [3.05, 3.63) is 101 Å². The molecule has 3 aromatic carbocycles. The normalized spacial score (nSPS) is 11.2. The lowest BCUT2D eigenvalue weighted by Crippen LogP contribution is -2.31. The van der Waals surface area contributed by atoms with E-state index >= 15 is 0 Å². The molecule has 0 aliphatic heterocycles. The Morgan fingerprint density at radius 1 is 1.03 bits per heavy atom. The molecular weight excluding hydrogens is 462 g/mol. The van der Waals surface area contributed by atoms with E-state index in [4.69, 9.17) is 4.74 Å². The highest BCUT2D eigenvalue weighted by molar-refractivity contribution is 9.10. The maximum atomic E-state index is 13.7. The van der Waals surface area contributed by atoms with Crippen LogP contribution in [0.1, 0.15) is 16.7 Å². The lowest BCUT2D eigenvalue weighted by Gasteiger charge is -2.27. The van der Waals surface area contributed by atoms with Crippen molar-refractivity contribution in [1.29, 1.82) is 0 Å². The third kappa shape index (κ3) is 4.77. The van der Waals surface area contributed by atoms with E-state index in [0.29, 0.717) is 17.9 Å². The van der Waals surface area contributed by atoms with Crippen LogP contribution in [0.2, 0.25) is 0 Å². The number of sulfonamides is 1. The smallest absolute Gasteiger partial charge is 0.264 e. The van der Waals surface area contributed by atoms with Crippen molar-refractivity contribution in [3.8, 4) is 5.75 Å². The topological polar surface area (TPSA) is 46.6 Å². The second-order valence-corrected chi connectivity index (χ2v) is 9.62. The van der Waals surface area contributed by atoms with Gasteiger partial charge in [-0.25, -0.2) is 8.42 Å². The molecular formula is C24H24BrNO3S. The van der Waals surface area contributed by atoms with Crippen molar-refractivity contribution in [3.63, 3.8) is 0 Å². The highest BCUT2D eigenvalue weighted by Crippen LogP contribution is 2.32. The molecule has 0 unspecified atom stereocenters. The Kier molecular flexibility index (Phi) is 7.00. The fourth-order valence-corrected chi connectivity index (χ4v) is 5.03. The quantitative estimate of drug-likeness (QED) is 0.373. The van der Waals surface area contributed by atoms with Gasteiger partial charge in [-0.2, -0.15) is 0 Å². The van der Waals surface area contributed by atoms with E-state index in [2.05, 4.69) is 22.5 Å². The molecule has 0 aromatic heterocycles. The van der Waals surface area contributed by atoms with Crippen molar-refractivity contribution in [2.24, 2.45) is 0 Å². The summed E-state index contributed by atoms with van der Waals surface area (Å²) >= 11 is 3.55. The predicted molar refractivity (Wildman–Crippen MR) is 126 cm³/mol. The summed E-state index contributed by atoms with van der Waals surface area (Å²) in [5, 5.41) is 0. The molecule has 3 aromatic rings. The molecule has 0 spiro atoms. The average Bonchev–Trinajstić information content (AvgIpc) is 2.74. The molecule has 4 nitrogen and oxygen atoms in total. The van der Waals surface area contributed by atoms with Crippen molar-refractivity contribution >= 4 is 31.6 Å². The third-order valence-electron chi connectivity index (χ3n) is 4.80. The lowest BCUT2D eigenvalue weighted by atomic mass is 10.1. The number of allylic oxidation sites excluding steroid dienone is 1. The van der Waals surface area contributed by atoms with E-state index in [0.717, 1.165) is 21.2 Å². The molecule has 0 aliphatic carbocycles. The molecule has 0 saturated carbocycles. The van der Waals surface area contributed by atoms with E-state index in [1.807, 2.05) is 61.5 Å². The van der Waals surface area contributed by atoms with E-state index in [-0.39, 0.29) is 11.4 Å².